The second-order valence-electron chi connectivity index (χ2n) is 4.37. The maximum absolute atomic E-state index is 11.9. The molecule has 0 amide bonds. The van der Waals surface area contributed by atoms with E-state index in [1.54, 1.807) is 6.92 Å². The Morgan fingerprint density at radius 1 is 1.25 bits per heavy atom. The van der Waals surface area contributed by atoms with E-state index in [4.69, 9.17) is 9.05 Å². The molecular formula is C15H19O4P. The molecule has 0 aromatic heterocycles. The van der Waals surface area contributed by atoms with Gasteiger partial charge in [-0.25, -0.2) is 0 Å². The van der Waals surface area contributed by atoms with Gasteiger partial charge in [-0.05, 0) is 12.1 Å². The number of hydrogen-bond acceptors (Lipinski definition) is 4. The minimum atomic E-state index is -3.28. The number of ketones is 1. The first-order valence-electron chi connectivity index (χ1n) is 6.28. The van der Waals surface area contributed by atoms with Crippen LogP contribution in [0.5, 0.6) is 0 Å². The van der Waals surface area contributed by atoms with Gasteiger partial charge >= 0.3 is 7.60 Å². The van der Waals surface area contributed by atoms with Crippen molar-refractivity contribution in [3.63, 3.8) is 0 Å². The number of Topliss-reactive ketones (excluding diaryl/α,β-unsaturated/α-hetero) is 1. The van der Waals surface area contributed by atoms with E-state index in [9.17, 15) is 9.36 Å². The van der Waals surface area contributed by atoms with Crippen molar-refractivity contribution in [2.24, 2.45) is 5.92 Å². The summed E-state index contributed by atoms with van der Waals surface area (Å²) in [5, 5.41) is 0. The smallest absolute Gasteiger partial charge is 0.312 e. The van der Waals surface area contributed by atoms with Crippen LogP contribution in [0.2, 0.25) is 0 Å². The second kappa shape index (κ2) is 8.01. The summed E-state index contributed by atoms with van der Waals surface area (Å²) in [6.07, 6.45) is 0.204. The van der Waals surface area contributed by atoms with Crippen molar-refractivity contribution in [2.75, 3.05) is 20.4 Å². The van der Waals surface area contributed by atoms with Gasteiger partial charge in [-0.2, -0.15) is 0 Å². The van der Waals surface area contributed by atoms with E-state index in [2.05, 4.69) is 11.8 Å². The molecule has 1 atom stereocenters. The fourth-order valence-corrected chi connectivity index (χ4v) is 2.59. The summed E-state index contributed by atoms with van der Waals surface area (Å²) in [4.78, 5) is 11.9. The number of benzene rings is 1. The minimum absolute atomic E-state index is 0.167. The van der Waals surface area contributed by atoms with Gasteiger partial charge in [-0.15, -0.1) is 0 Å². The van der Waals surface area contributed by atoms with Crippen molar-refractivity contribution in [1.29, 1.82) is 0 Å². The van der Waals surface area contributed by atoms with E-state index in [0.717, 1.165) is 5.56 Å². The number of carbonyl (C=O) groups is 1. The van der Waals surface area contributed by atoms with Gasteiger partial charge in [0.15, 0.2) is 0 Å². The van der Waals surface area contributed by atoms with E-state index in [-0.39, 0.29) is 17.9 Å². The van der Waals surface area contributed by atoms with Crippen molar-refractivity contribution in [1.82, 2.24) is 0 Å². The van der Waals surface area contributed by atoms with Gasteiger partial charge < -0.3 is 9.05 Å². The summed E-state index contributed by atoms with van der Waals surface area (Å²) in [5.41, 5.74) is 0.909. The molecule has 0 aliphatic carbocycles. The molecule has 0 saturated heterocycles. The maximum Gasteiger partial charge on any atom is 0.337 e. The first kappa shape index (κ1) is 16.7. The van der Waals surface area contributed by atoms with Crippen LogP contribution in [0.4, 0.5) is 0 Å². The van der Waals surface area contributed by atoms with Gasteiger partial charge in [-0.3, -0.25) is 9.36 Å². The number of rotatable bonds is 6. The van der Waals surface area contributed by atoms with Crippen LogP contribution in [0.1, 0.15) is 18.9 Å². The van der Waals surface area contributed by atoms with Crippen LogP contribution in [0.15, 0.2) is 30.3 Å². The van der Waals surface area contributed by atoms with Gasteiger partial charge in [0.1, 0.15) is 11.9 Å². The van der Waals surface area contributed by atoms with Crippen molar-refractivity contribution in [2.45, 2.75) is 13.3 Å². The average Bonchev–Trinajstić information content (AvgIpc) is 2.48. The van der Waals surface area contributed by atoms with Gasteiger partial charge in [-0.1, -0.05) is 37.0 Å². The van der Waals surface area contributed by atoms with E-state index in [0.29, 0.717) is 6.42 Å². The normalized spacial score (nSPS) is 12.3. The Kier molecular flexibility index (Phi) is 6.67. The molecule has 108 valence electrons. The Hall–Kier alpha value is -1.40. The van der Waals surface area contributed by atoms with E-state index >= 15 is 0 Å². The SMILES string of the molecule is COP(=O)(CC(=O)C(C)CC#Cc1ccccc1)OC. The lowest BCUT2D eigenvalue weighted by Gasteiger charge is -2.14. The predicted octanol–water partition coefficient (Wildman–Crippen LogP) is 3.12. The standard InChI is InChI=1S/C15H19O4P/c1-13(15(16)12-20(17,18-2)19-3)8-7-11-14-9-5-4-6-10-14/h4-6,9-10,13H,8,12H2,1-3H3. The van der Waals surface area contributed by atoms with E-state index in [1.807, 2.05) is 30.3 Å². The number of carbonyl (C=O) groups excluding carboxylic acids is 1. The highest BCUT2D eigenvalue weighted by molar-refractivity contribution is 7.54. The topological polar surface area (TPSA) is 52.6 Å². The Bertz CT molecular complexity index is 534. The van der Waals surface area contributed by atoms with Crippen LogP contribution < -0.4 is 0 Å². The van der Waals surface area contributed by atoms with Gasteiger partial charge in [0.2, 0.25) is 0 Å². The molecule has 0 radical (unpaired) electrons. The van der Waals surface area contributed by atoms with Crippen molar-refractivity contribution >= 4 is 13.4 Å². The minimum Gasteiger partial charge on any atom is -0.312 e. The second-order valence-corrected chi connectivity index (χ2v) is 6.64. The molecule has 5 heteroatoms. The first-order chi connectivity index (χ1) is 9.50. The van der Waals surface area contributed by atoms with Crippen LogP contribution in [0.3, 0.4) is 0 Å². The molecule has 1 unspecified atom stereocenters. The summed E-state index contributed by atoms with van der Waals surface area (Å²) in [6.45, 7) is 1.76. The summed E-state index contributed by atoms with van der Waals surface area (Å²) < 4.78 is 21.4. The summed E-state index contributed by atoms with van der Waals surface area (Å²) >= 11 is 0. The molecule has 0 heterocycles. The van der Waals surface area contributed by atoms with Crippen LogP contribution in [0, 0.1) is 17.8 Å². The van der Waals surface area contributed by atoms with Crippen LogP contribution in [0.25, 0.3) is 0 Å². The first-order valence-corrected chi connectivity index (χ1v) is 8.00. The molecule has 1 aromatic rings. The fraction of sp³-hybridized carbons (Fsp3) is 0.400. The molecule has 0 aliphatic rings. The van der Waals surface area contributed by atoms with Crippen LogP contribution >= 0.6 is 7.60 Å². The average molecular weight is 294 g/mol. The monoisotopic (exact) mass is 294 g/mol. The van der Waals surface area contributed by atoms with E-state index < -0.39 is 7.60 Å². The van der Waals surface area contributed by atoms with Crippen molar-refractivity contribution in [3.8, 4) is 11.8 Å². The summed E-state index contributed by atoms with van der Waals surface area (Å²) in [7, 11) is -0.729. The Labute approximate surface area is 120 Å². The van der Waals surface area contributed by atoms with Gasteiger partial charge in [0.25, 0.3) is 0 Å². The quantitative estimate of drug-likeness (QED) is 0.597. The molecule has 1 rings (SSSR count). The molecule has 0 N–H and O–H groups in total. The lowest BCUT2D eigenvalue weighted by molar-refractivity contribution is -0.120. The third kappa shape index (κ3) is 5.30. The zero-order valence-electron chi connectivity index (χ0n) is 12.0. The maximum atomic E-state index is 11.9. The molecule has 0 fully saturated rings. The zero-order valence-corrected chi connectivity index (χ0v) is 12.9. The van der Waals surface area contributed by atoms with E-state index in [1.165, 1.54) is 14.2 Å². The zero-order chi connectivity index (χ0) is 15.0. The highest BCUT2D eigenvalue weighted by atomic mass is 31.2. The lowest BCUT2D eigenvalue weighted by Crippen LogP contribution is -2.16. The highest BCUT2D eigenvalue weighted by Gasteiger charge is 2.27. The van der Waals surface area contributed by atoms with Crippen LogP contribution in [-0.4, -0.2) is 26.2 Å². The molecule has 20 heavy (non-hydrogen) atoms. The molecule has 0 bridgehead atoms. The summed E-state index contributed by atoms with van der Waals surface area (Å²) in [5.74, 6) is 5.48. The highest BCUT2D eigenvalue weighted by Crippen LogP contribution is 2.46. The molecule has 0 spiro atoms. The van der Waals surface area contributed by atoms with Gasteiger partial charge in [0, 0.05) is 32.1 Å². The molecule has 4 nitrogen and oxygen atoms in total. The Balaban J connectivity index is 2.55. The van der Waals surface area contributed by atoms with Gasteiger partial charge in [0.05, 0.1) is 0 Å². The Morgan fingerprint density at radius 3 is 2.40 bits per heavy atom. The van der Waals surface area contributed by atoms with Crippen LogP contribution in [-0.2, 0) is 18.4 Å². The van der Waals surface area contributed by atoms with Crippen molar-refractivity contribution < 1.29 is 18.4 Å². The third-order valence-electron chi connectivity index (χ3n) is 2.87. The molecule has 0 saturated carbocycles. The summed E-state index contributed by atoms with van der Waals surface area (Å²) in [6, 6.07) is 9.55. The lowest BCUT2D eigenvalue weighted by atomic mass is 10.0. The number of hydrogen-bond donors (Lipinski definition) is 0. The molecule has 0 aliphatic heterocycles. The molecular weight excluding hydrogens is 275 g/mol. The fourth-order valence-electron chi connectivity index (χ4n) is 1.49. The van der Waals surface area contributed by atoms with Crippen molar-refractivity contribution in [3.05, 3.63) is 35.9 Å². The Morgan fingerprint density at radius 2 is 1.85 bits per heavy atom. The predicted molar refractivity (Wildman–Crippen MR) is 78.6 cm³/mol. The largest absolute Gasteiger partial charge is 0.337 e. The molecule has 1 aromatic carbocycles. The third-order valence-corrected chi connectivity index (χ3v) is 4.68.